The molecule has 1 atom stereocenters. The summed E-state index contributed by atoms with van der Waals surface area (Å²) >= 11 is 3.31. The zero-order chi connectivity index (χ0) is 16.3. The monoisotopic (exact) mass is 379 g/mol. The molecule has 22 heavy (non-hydrogen) atoms. The first kappa shape index (κ1) is 25.3. The normalized spacial score (nSPS) is 12.5. The Morgan fingerprint density at radius 3 is 2.27 bits per heavy atom. The van der Waals surface area contributed by atoms with Gasteiger partial charge in [0, 0.05) is 29.8 Å². The van der Waals surface area contributed by atoms with Gasteiger partial charge in [0.05, 0.1) is 15.9 Å². The Morgan fingerprint density at radius 1 is 1.23 bits per heavy atom. The Kier molecular flexibility index (Phi) is 16.6. The molecule has 0 aromatic rings. The van der Waals surface area contributed by atoms with Crippen molar-refractivity contribution >= 4 is 39.5 Å². The van der Waals surface area contributed by atoms with Gasteiger partial charge in [-0.05, 0) is 32.4 Å². The van der Waals surface area contributed by atoms with Gasteiger partial charge in [0.25, 0.3) is 0 Å². The van der Waals surface area contributed by atoms with Crippen LogP contribution in [0.15, 0.2) is 0 Å². The van der Waals surface area contributed by atoms with Crippen molar-refractivity contribution in [2.75, 3.05) is 36.1 Å². The van der Waals surface area contributed by atoms with E-state index in [-0.39, 0.29) is 41.2 Å². The summed E-state index contributed by atoms with van der Waals surface area (Å²) in [6.45, 7) is 7.52. The van der Waals surface area contributed by atoms with E-state index in [1.807, 2.05) is 18.7 Å². The van der Waals surface area contributed by atoms with Crippen LogP contribution in [0, 0.1) is 0 Å². The Hall–Kier alpha value is 1.08. The molecule has 0 spiro atoms. The molecule has 0 N–H and O–H groups in total. The Balaban J connectivity index is 0. The molecule has 0 rings (SSSR count). The average Bonchev–Trinajstić information content (AvgIpc) is 2.42. The molecule has 9 heteroatoms. The molecule has 0 aliphatic carbocycles. The van der Waals surface area contributed by atoms with Crippen LogP contribution in [0.3, 0.4) is 0 Å². The molecule has 1 unspecified atom stereocenters. The number of amides is 1. The van der Waals surface area contributed by atoms with Crippen LogP contribution in [0.1, 0.15) is 33.6 Å². The molecule has 5 nitrogen and oxygen atoms in total. The number of carbonyl (C=O) groups excluding carboxylic acids is 1. The first-order chi connectivity index (χ1) is 9.84. The van der Waals surface area contributed by atoms with Crippen molar-refractivity contribution < 1.29 is 47.3 Å². The second kappa shape index (κ2) is 14.4. The zero-order valence-electron chi connectivity index (χ0n) is 14.0. The molecule has 0 bridgehead atoms. The van der Waals surface area contributed by atoms with Crippen molar-refractivity contribution in [1.82, 2.24) is 4.90 Å². The molecule has 0 aromatic heterocycles. The summed E-state index contributed by atoms with van der Waals surface area (Å²) in [5.41, 5.74) is 0. The van der Waals surface area contributed by atoms with E-state index < -0.39 is 10.1 Å². The third-order valence-electron chi connectivity index (χ3n) is 3.00. The number of nitrogens with zero attached hydrogens (tertiary/aromatic N) is 1. The minimum atomic E-state index is -4.09. The maximum atomic E-state index is 11.9. The summed E-state index contributed by atoms with van der Waals surface area (Å²) in [5, 5.41) is 0.387. The van der Waals surface area contributed by atoms with Crippen LogP contribution >= 0.6 is 23.5 Å². The van der Waals surface area contributed by atoms with Gasteiger partial charge in [-0.1, -0.05) is 6.92 Å². The van der Waals surface area contributed by atoms with E-state index >= 15 is 0 Å². The van der Waals surface area contributed by atoms with Gasteiger partial charge in [-0.3, -0.25) is 4.79 Å². The van der Waals surface area contributed by atoms with Gasteiger partial charge in [0.1, 0.15) is 0 Å². The predicted molar refractivity (Wildman–Crippen MR) is 91.0 cm³/mol. The summed E-state index contributed by atoms with van der Waals surface area (Å²) in [4.78, 5) is 13.7. The van der Waals surface area contributed by atoms with Crippen molar-refractivity contribution in [3.05, 3.63) is 0 Å². The van der Waals surface area contributed by atoms with Gasteiger partial charge >= 0.3 is 29.6 Å². The van der Waals surface area contributed by atoms with Gasteiger partial charge in [0.2, 0.25) is 5.91 Å². The van der Waals surface area contributed by atoms with Crippen LogP contribution in [0.2, 0.25) is 0 Å². The summed E-state index contributed by atoms with van der Waals surface area (Å²) < 4.78 is 31.4. The molecule has 0 fully saturated rings. The van der Waals surface area contributed by atoms with Crippen molar-refractivity contribution in [3.8, 4) is 0 Å². The van der Waals surface area contributed by atoms with Crippen molar-refractivity contribution in [2.45, 2.75) is 38.9 Å². The topological polar surface area (TPSA) is 77.5 Å². The van der Waals surface area contributed by atoms with Crippen molar-refractivity contribution in [3.63, 3.8) is 0 Å². The van der Waals surface area contributed by atoms with E-state index in [4.69, 9.17) is 0 Å². The SMILES string of the molecule is CCC(CSCCCS(=O)(=O)[O-])SCC(=O)N(CC)CC.[Na+]. The first-order valence-corrected chi connectivity index (χ1v) is 11.0. The second-order valence-electron chi connectivity index (χ2n) is 4.60. The molecule has 0 aliphatic heterocycles. The molecule has 126 valence electrons. The van der Waals surface area contributed by atoms with Gasteiger partial charge in [-0.2, -0.15) is 11.8 Å². The first-order valence-electron chi connectivity index (χ1n) is 7.24. The largest absolute Gasteiger partial charge is 1.00 e. The van der Waals surface area contributed by atoms with Crippen LogP contribution in [0.4, 0.5) is 0 Å². The zero-order valence-corrected chi connectivity index (χ0v) is 18.5. The smallest absolute Gasteiger partial charge is 0.748 e. The number of rotatable bonds is 12. The minimum absolute atomic E-state index is 0. The van der Waals surface area contributed by atoms with Gasteiger partial charge in [-0.15, -0.1) is 11.8 Å². The Labute approximate surface area is 165 Å². The van der Waals surface area contributed by atoms with Crippen LogP contribution in [-0.2, 0) is 14.9 Å². The number of thioether (sulfide) groups is 2. The fraction of sp³-hybridized carbons (Fsp3) is 0.923. The molecule has 0 aromatic carbocycles. The summed E-state index contributed by atoms with van der Waals surface area (Å²) in [7, 11) is -4.09. The Bertz CT molecular complexity index is 389. The van der Waals surface area contributed by atoms with Gasteiger partial charge in [-0.25, -0.2) is 8.42 Å². The maximum absolute atomic E-state index is 11.9. The van der Waals surface area contributed by atoms with E-state index in [1.165, 1.54) is 0 Å². The molecule has 1 amide bonds. The van der Waals surface area contributed by atoms with Crippen LogP contribution < -0.4 is 29.6 Å². The Morgan fingerprint density at radius 2 is 1.82 bits per heavy atom. The van der Waals surface area contributed by atoms with E-state index in [1.54, 1.807) is 23.5 Å². The fourth-order valence-corrected chi connectivity index (χ4v) is 4.86. The number of carbonyl (C=O) groups is 1. The third kappa shape index (κ3) is 13.5. The quantitative estimate of drug-likeness (QED) is 0.247. The second-order valence-corrected chi connectivity index (χ2v) is 8.56. The van der Waals surface area contributed by atoms with Crippen LogP contribution in [0.5, 0.6) is 0 Å². The molecule has 0 aliphatic rings. The van der Waals surface area contributed by atoms with Crippen molar-refractivity contribution in [1.29, 1.82) is 0 Å². The molecule has 0 saturated heterocycles. The number of hydrogen-bond acceptors (Lipinski definition) is 6. The van der Waals surface area contributed by atoms with E-state index in [0.717, 1.165) is 25.3 Å². The molecular formula is C13H26NNaO4S3. The van der Waals surface area contributed by atoms with Crippen LogP contribution in [-0.4, -0.2) is 65.1 Å². The number of hydrogen-bond donors (Lipinski definition) is 0. The van der Waals surface area contributed by atoms with E-state index in [9.17, 15) is 17.8 Å². The van der Waals surface area contributed by atoms with Crippen LogP contribution in [0.25, 0.3) is 0 Å². The standard InChI is InChI=1S/C13H27NO4S3.Na/c1-4-12(10-19-8-7-9-21(16,17)18)20-11-13(15)14(5-2)6-3;/h12H,4-11H2,1-3H3,(H,16,17,18);/q;+1/p-1. The third-order valence-corrected chi connectivity index (χ3v) is 6.60. The maximum Gasteiger partial charge on any atom is 1.00 e. The summed E-state index contributed by atoms with van der Waals surface area (Å²) in [6.07, 6.45) is 1.37. The summed E-state index contributed by atoms with van der Waals surface area (Å²) in [5.74, 6) is 1.93. The van der Waals surface area contributed by atoms with Gasteiger partial charge in [0.15, 0.2) is 0 Å². The molecule has 0 saturated carbocycles. The average molecular weight is 380 g/mol. The van der Waals surface area contributed by atoms with E-state index in [0.29, 0.717) is 23.2 Å². The van der Waals surface area contributed by atoms with E-state index in [2.05, 4.69) is 6.92 Å². The minimum Gasteiger partial charge on any atom is -0.748 e. The van der Waals surface area contributed by atoms with Crippen molar-refractivity contribution in [2.24, 2.45) is 0 Å². The molecule has 0 radical (unpaired) electrons. The predicted octanol–water partition coefficient (Wildman–Crippen LogP) is -0.961. The van der Waals surface area contributed by atoms with Gasteiger partial charge < -0.3 is 9.45 Å². The molecule has 0 heterocycles. The fourth-order valence-electron chi connectivity index (χ4n) is 1.69. The molecular weight excluding hydrogens is 353 g/mol. The summed E-state index contributed by atoms with van der Waals surface area (Å²) in [6, 6.07) is 0.